The Balaban J connectivity index is 2.14. The van der Waals surface area contributed by atoms with E-state index in [4.69, 9.17) is 64.9 Å². The highest BCUT2D eigenvalue weighted by atomic mass is 35.5. The monoisotopic (exact) mass is 442 g/mol. The minimum absolute atomic E-state index is 0.158. The molecule has 0 saturated carbocycles. The number of benzene rings is 1. The number of hydrogen-bond acceptors (Lipinski definition) is 7. The largest absolute Gasteiger partial charge is 0.434 e. The first-order valence-corrected chi connectivity index (χ1v) is 10.8. The second kappa shape index (κ2) is 9.33. The van der Waals surface area contributed by atoms with Gasteiger partial charge in [-0.1, -0.05) is 34.8 Å². The van der Waals surface area contributed by atoms with Crippen LogP contribution in [0.4, 0.5) is 0 Å². The SMILES string of the molecule is CCOP(=S)(OCC)Oc1ccc(Oc2c(Cl)cc(Cl)cc2Cl)nn1. The molecule has 0 atom stereocenters. The summed E-state index contributed by atoms with van der Waals surface area (Å²) in [5.74, 6) is 0.551. The van der Waals surface area contributed by atoms with Crippen molar-refractivity contribution in [3.05, 3.63) is 39.3 Å². The smallest absolute Gasteiger partial charge is 0.381 e. The summed E-state index contributed by atoms with van der Waals surface area (Å²) < 4.78 is 21.8. The quantitative estimate of drug-likeness (QED) is 0.470. The van der Waals surface area contributed by atoms with Crippen LogP contribution in [-0.2, 0) is 20.9 Å². The number of halogens is 3. The van der Waals surface area contributed by atoms with Gasteiger partial charge >= 0.3 is 6.72 Å². The average molecular weight is 444 g/mol. The van der Waals surface area contributed by atoms with Crippen LogP contribution in [0, 0.1) is 0 Å². The van der Waals surface area contributed by atoms with Gasteiger partial charge < -0.3 is 9.26 Å². The van der Waals surface area contributed by atoms with E-state index in [0.29, 0.717) is 18.2 Å². The zero-order chi connectivity index (χ0) is 18.4. The van der Waals surface area contributed by atoms with Crippen LogP contribution < -0.4 is 9.26 Å². The molecule has 1 aromatic heterocycles. The normalized spacial score (nSPS) is 11.4. The fourth-order valence-corrected chi connectivity index (χ4v) is 4.56. The Morgan fingerprint density at radius 1 is 0.960 bits per heavy atom. The molecule has 1 heterocycles. The van der Waals surface area contributed by atoms with Gasteiger partial charge in [-0.3, -0.25) is 9.05 Å². The zero-order valence-electron chi connectivity index (χ0n) is 13.2. The van der Waals surface area contributed by atoms with Gasteiger partial charge in [-0.15, -0.1) is 10.2 Å². The molecule has 0 unspecified atom stereocenters. The van der Waals surface area contributed by atoms with Crippen LogP contribution in [0.25, 0.3) is 0 Å². The summed E-state index contributed by atoms with van der Waals surface area (Å²) in [5.41, 5.74) is 0. The number of hydrogen-bond donors (Lipinski definition) is 0. The van der Waals surface area contributed by atoms with E-state index in [1.165, 1.54) is 24.3 Å². The molecule has 0 saturated heterocycles. The van der Waals surface area contributed by atoms with E-state index in [9.17, 15) is 0 Å². The van der Waals surface area contributed by atoms with E-state index in [-0.39, 0.29) is 27.6 Å². The number of aromatic nitrogens is 2. The van der Waals surface area contributed by atoms with Crippen LogP contribution in [0.15, 0.2) is 24.3 Å². The summed E-state index contributed by atoms with van der Waals surface area (Å²) in [4.78, 5) is 0. The summed E-state index contributed by atoms with van der Waals surface area (Å²) in [6.45, 7) is 1.40. The van der Waals surface area contributed by atoms with Crippen molar-refractivity contribution in [1.29, 1.82) is 0 Å². The van der Waals surface area contributed by atoms with Crippen LogP contribution in [0.2, 0.25) is 15.1 Å². The highest BCUT2D eigenvalue weighted by molar-refractivity contribution is 8.07. The molecule has 0 aliphatic carbocycles. The summed E-state index contributed by atoms with van der Waals surface area (Å²) >= 11 is 23.3. The first-order valence-electron chi connectivity index (χ1n) is 7.11. The van der Waals surface area contributed by atoms with Crippen molar-refractivity contribution >= 4 is 53.3 Å². The van der Waals surface area contributed by atoms with Crippen LogP contribution in [0.3, 0.4) is 0 Å². The molecular weight excluding hydrogens is 430 g/mol. The fraction of sp³-hybridized carbons (Fsp3) is 0.286. The molecule has 11 heteroatoms. The van der Waals surface area contributed by atoms with Gasteiger partial charge in [0.05, 0.1) is 23.3 Å². The first kappa shape index (κ1) is 20.6. The summed E-state index contributed by atoms with van der Waals surface area (Å²) in [5, 5.41) is 8.69. The van der Waals surface area contributed by atoms with Crippen molar-refractivity contribution in [2.45, 2.75) is 13.8 Å². The standard InChI is InChI=1S/C14H14Cl3N2O4PS/c1-3-20-24(25,21-4-2)23-13-6-5-12(18-19-13)22-14-10(16)7-9(15)8-11(14)17/h5-8H,3-4H2,1-2H3. The predicted molar refractivity (Wildman–Crippen MR) is 102 cm³/mol. The predicted octanol–water partition coefficient (Wildman–Crippen LogP) is 5.91. The third-order valence-electron chi connectivity index (χ3n) is 2.57. The van der Waals surface area contributed by atoms with Crippen molar-refractivity contribution < 1.29 is 18.3 Å². The molecular formula is C14H14Cl3N2O4PS. The first-order chi connectivity index (χ1) is 11.9. The van der Waals surface area contributed by atoms with E-state index in [1.54, 1.807) is 13.8 Å². The van der Waals surface area contributed by atoms with Crippen molar-refractivity contribution in [2.75, 3.05) is 13.2 Å². The third-order valence-corrected chi connectivity index (χ3v) is 5.76. The molecule has 0 fully saturated rings. The molecule has 0 bridgehead atoms. The summed E-state index contributed by atoms with van der Waals surface area (Å²) in [7, 11) is 0. The molecule has 0 N–H and O–H groups in total. The number of ether oxygens (including phenoxy) is 1. The molecule has 6 nitrogen and oxygen atoms in total. The lowest BCUT2D eigenvalue weighted by Gasteiger charge is -2.19. The van der Waals surface area contributed by atoms with Crippen molar-refractivity contribution in [2.24, 2.45) is 0 Å². The summed E-state index contributed by atoms with van der Waals surface area (Å²) in [6, 6.07) is 6.07. The van der Waals surface area contributed by atoms with Gasteiger partial charge in [-0.25, -0.2) is 0 Å². The number of nitrogens with zero attached hydrogens (tertiary/aromatic N) is 2. The number of rotatable bonds is 8. The Morgan fingerprint density at radius 2 is 1.48 bits per heavy atom. The van der Waals surface area contributed by atoms with E-state index in [2.05, 4.69) is 10.2 Å². The zero-order valence-corrected chi connectivity index (χ0v) is 17.2. The van der Waals surface area contributed by atoms with Crippen molar-refractivity contribution in [3.8, 4) is 17.5 Å². The molecule has 0 spiro atoms. The lowest BCUT2D eigenvalue weighted by molar-refractivity contribution is 0.215. The molecule has 136 valence electrons. The van der Waals surface area contributed by atoms with E-state index in [1.807, 2.05) is 0 Å². The molecule has 0 aliphatic heterocycles. The van der Waals surface area contributed by atoms with Crippen molar-refractivity contribution in [1.82, 2.24) is 10.2 Å². The highest BCUT2D eigenvalue weighted by Crippen LogP contribution is 2.49. The van der Waals surface area contributed by atoms with E-state index < -0.39 is 6.72 Å². The Bertz CT molecular complexity index is 746. The van der Waals surface area contributed by atoms with Crippen LogP contribution in [0.5, 0.6) is 17.5 Å². The van der Waals surface area contributed by atoms with Gasteiger partial charge in [-0.05, 0) is 26.0 Å². The van der Waals surface area contributed by atoms with Crippen LogP contribution in [0.1, 0.15) is 13.8 Å². The van der Waals surface area contributed by atoms with Crippen molar-refractivity contribution in [3.63, 3.8) is 0 Å². The van der Waals surface area contributed by atoms with Gasteiger partial charge in [0.1, 0.15) is 0 Å². The van der Waals surface area contributed by atoms with E-state index >= 15 is 0 Å². The van der Waals surface area contributed by atoms with E-state index in [0.717, 1.165) is 0 Å². The molecule has 0 radical (unpaired) electrons. The van der Waals surface area contributed by atoms with Crippen LogP contribution in [-0.4, -0.2) is 23.4 Å². The van der Waals surface area contributed by atoms with Gasteiger partial charge in [-0.2, -0.15) is 0 Å². The topological polar surface area (TPSA) is 62.7 Å². The summed E-state index contributed by atoms with van der Waals surface area (Å²) in [6.07, 6.45) is 0. The second-order valence-electron chi connectivity index (χ2n) is 4.38. The third kappa shape index (κ3) is 5.93. The molecule has 2 rings (SSSR count). The molecule has 2 aromatic rings. The van der Waals surface area contributed by atoms with Gasteiger partial charge in [0.15, 0.2) is 5.75 Å². The Kier molecular flexibility index (Phi) is 7.70. The van der Waals surface area contributed by atoms with Gasteiger partial charge in [0.2, 0.25) is 11.8 Å². The molecule has 1 aromatic carbocycles. The minimum Gasteiger partial charge on any atom is -0.434 e. The molecule has 0 amide bonds. The van der Waals surface area contributed by atoms with Gasteiger partial charge in [0.25, 0.3) is 0 Å². The maximum atomic E-state index is 6.06. The maximum Gasteiger partial charge on any atom is 0.381 e. The molecule has 0 aliphatic rings. The van der Waals surface area contributed by atoms with Crippen LogP contribution >= 0.6 is 41.5 Å². The van der Waals surface area contributed by atoms with Gasteiger partial charge in [0, 0.05) is 29.0 Å². The minimum atomic E-state index is -2.91. The average Bonchev–Trinajstić information content (AvgIpc) is 2.52. The lowest BCUT2D eigenvalue weighted by Crippen LogP contribution is -2.03. The Labute approximate surface area is 165 Å². The fourth-order valence-electron chi connectivity index (χ4n) is 1.66. The molecule has 25 heavy (non-hydrogen) atoms. The Hall–Kier alpha value is -0.660. The maximum absolute atomic E-state index is 6.06. The Morgan fingerprint density at radius 3 is 1.96 bits per heavy atom. The second-order valence-corrected chi connectivity index (χ2v) is 8.57. The lowest BCUT2D eigenvalue weighted by atomic mass is 10.3. The highest BCUT2D eigenvalue weighted by Gasteiger charge is 2.22.